The van der Waals surface area contributed by atoms with Gasteiger partial charge in [-0.1, -0.05) is 18.1 Å². The molecule has 0 aliphatic heterocycles. The normalized spacial score (nSPS) is 12.6. The molecule has 2 heterocycles. The van der Waals surface area contributed by atoms with Gasteiger partial charge in [0, 0.05) is 5.69 Å². The van der Waals surface area contributed by atoms with Crippen molar-refractivity contribution in [3.8, 4) is 11.5 Å². The van der Waals surface area contributed by atoms with Gasteiger partial charge in [-0.25, -0.2) is 4.98 Å². The quantitative estimate of drug-likeness (QED) is 0.874. The highest BCUT2D eigenvalue weighted by Crippen LogP contribution is 2.16. The summed E-state index contributed by atoms with van der Waals surface area (Å²) < 4.78 is 5.21. The number of pyridine rings is 1. The molecule has 0 aliphatic carbocycles. The Morgan fingerprint density at radius 3 is 2.88 bits per heavy atom. The topological polar surface area (TPSA) is 63.8 Å². The van der Waals surface area contributed by atoms with Crippen LogP contribution >= 0.6 is 0 Å². The van der Waals surface area contributed by atoms with E-state index in [2.05, 4.69) is 20.4 Å². The molecule has 90 valence electrons. The smallest absolute Gasteiger partial charge is 0.243 e. The predicted octanol–water partition coefficient (Wildman–Crippen LogP) is 2.11. The summed E-state index contributed by atoms with van der Waals surface area (Å²) in [4.78, 5) is 8.69. The molecule has 0 spiro atoms. The zero-order valence-corrected chi connectivity index (χ0v) is 10.3. The number of hydrogen-bond acceptors (Lipinski definition) is 5. The van der Waals surface area contributed by atoms with Gasteiger partial charge in [-0.2, -0.15) is 4.98 Å². The molecule has 0 saturated carbocycles. The van der Waals surface area contributed by atoms with Crippen molar-refractivity contribution in [1.82, 2.24) is 20.4 Å². The third-order valence-electron chi connectivity index (χ3n) is 2.44. The molecule has 0 aromatic carbocycles. The SMILES string of the molecule is CCNC(C)c1nc(-c2cccc(C)n2)no1. The average Bonchev–Trinajstić information content (AvgIpc) is 2.78. The van der Waals surface area contributed by atoms with Gasteiger partial charge in [0.05, 0.1) is 6.04 Å². The van der Waals surface area contributed by atoms with Crippen molar-refractivity contribution in [1.29, 1.82) is 0 Å². The molecular weight excluding hydrogens is 216 g/mol. The molecule has 17 heavy (non-hydrogen) atoms. The summed E-state index contributed by atoms with van der Waals surface area (Å²) in [5, 5.41) is 7.16. The molecule has 1 unspecified atom stereocenters. The van der Waals surface area contributed by atoms with Gasteiger partial charge in [0.15, 0.2) is 0 Å². The Morgan fingerprint density at radius 1 is 1.35 bits per heavy atom. The Balaban J connectivity index is 2.23. The van der Waals surface area contributed by atoms with Crippen LogP contribution in [0.15, 0.2) is 22.7 Å². The molecule has 0 aliphatic rings. The maximum absolute atomic E-state index is 5.21. The lowest BCUT2D eigenvalue weighted by Crippen LogP contribution is -2.17. The second-order valence-corrected chi connectivity index (χ2v) is 3.90. The molecule has 2 rings (SSSR count). The molecule has 5 nitrogen and oxygen atoms in total. The second kappa shape index (κ2) is 5.05. The van der Waals surface area contributed by atoms with E-state index in [0.717, 1.165) is 17.9 Å². The Morgan fingerprint density at radius 2 is 2.18 bits per heavy atom. The standard InChI is InChI=1S/C12H16N4O/c1-4-13-9(3)12-15-11(16-17-12)10-7-5-6-8(2)14-10/h5-7,9,13H,4H2,1-3H3. The fourth-order valence-corrected chi connectivity index (χ4v) is 1.58. The van der Waals surface area contributed by atoms with E-state index >= 15 is 0 Å². The van der Waals surface area contributed by atoms with Gasteiger partial charge in [0.1, 0.15) is 5.69 Å². The first-order valence-electron chi connectivity index (χ1n) is 5.71. The second-order valence-electron chi connectivity index (χ2n) is 3.90. The van der Waals surface area contributed by atoms with Crippen molar-refractivity contribution in [3.63, 3.8) is 0 Å². The predicted molar refractivity (Wildman–Crippen MR) is 64.4 cm³/mol. The number of nitrogens with zero attached hydrogens (tertiary/aromatic N) is 3. The lowest BCUT2D eigenvalue weighted by molar-refractivity contribution is 0.342. The van der Waals surface area contributed by atoms with Gasteiger partial charge in [-0.3, -0.25) is 0 Å². The molecule has 0 saturated heterocycles. The third-order valence-corrected chi connectivity index (χ3v) is 2.44. The number of nitrogens with one attached hydrogen (secondary N) is 1. The molecule has 5 heteroatoms. The number of hydrogen-bond donors (Lipinski definition) is 1. The largest absolute Gasteiger partial charge is 0.337 e. The van der Waals surface area contributed by atoms with Crippen LogP contribution < -0.4 is 5.32 Å². The van der Waals surface area contributed by atoms with Crippen molar-refractivity contribution in [3.05, 3.63) is 29.8 Å². The first kappa shape index (κ1) is 11.7. The molecule has 2 aromatic heterocycles. The van der Waals surface area contributed by atoms with Crippen LogP contribution in [0.4, 0.5) is 0 Å². The van der Waals surface area contributed by atoms with E-state index in [1.165, 1.54) is 0 Å². The fraction of sp³-hybridized carbons (Fsp3) is 0.417. The molecule has 0 amide bonds. The summed E-state index contributed by atoms with van der Waals surface area (Å²) in [6.45, 7) is 6.83. The van der Waals surface area contributed by atoms with Crippen LogP contribution in [0.1, 0.15) is 31.5 Å². The Bertz CT molecular complexity index is 495. The van der Waals surface area contributed by atoms with Gasteiger partial charge in [-0.15, -0.1) is 0 Å². The lowest BCUT2D eigenvalue weighted by atomic mass is 10.3. The highest BCUT2D eigenvalue weighted by atomic mass is 16.5. The number of aromatic nitrogens is 3. The van der Waals surface area contributed by atoms with Crippen molar-refractivity contribution in [2.45, 2.75) is 26.8 Å². The monoisotopic (exact) mass is 232 g/mol. The van der Waals surface area contributed by atoms with Crippen molar-refractivity contribution in [2.24, 2.45) is 0 Å². The van der Waals surface area contributed by atoms with E-state index in [1.807, 2.05) is 39.0 Å². The first-order valence-corrected chi connectivity index (χ1v) is 5.71. The maximum atomic E-state index is 5.21. The lowest BCUT2D eigenvalue weighted by Gasteiger charge is -2.04. The zero-order valence-electron chi connectivity index (χ0n) is 10.3. The van der Waals surface area contributed by atoms with Crippen LogP contribution in [0.5, 0.6) is 0 Å². The molecule has 1 atom stereocenters. The summed E-state index contributed by atoms with van der Waals surface area (Å²) in [6, 6.07) is 5.80. The molecule has 1 N–H and O–H groups in total. The van der Waals surface area contributed by atoms with E-state index in [4.69, 9.17) is 4.52 Å². The van der Waals surface area contributed by atoms with Crippen molar-refractivity contribution < 1.29 is 4.52 Å². The highest BCUT2D eigenvalue weighted by Gasteiger charge is 2.14. The molecule has 0 fully saturated rings. The van der Waals surface area contributed by atoms with E-state index in [-0.39, 0.29) is 6.04 Å². The third kappa shape index (κ3) is 2.68. The maximum Gasteiger partial charge on any atom is 0.243 e. The summed E-state index contributed by atoms with van der Waals surface area (Å²) in [5.74, 6) is 1.12. The Kier molecular flexibility index (Phi) is 3.49. The molecule has 2 aromatic rings. The molecule has 0 radical (unpaired) electrons. The summed E-state index contributed by atoms with van der Waals surface area (Å²) in [6.07, 6.45) is 0. The number of rotatable bonds is 4. The van der Waals surface area contributed by atoms with Crippen LogP contribution in [0.25, 0.3) is 11.5 Å². The van der Waals surface area contributed by atoms with Crippen molar-refractivity contribution >= 4 is 0 Å². The van der Waals surface area contributed by atoms with Gasteiger partial charge in [0.2, 0.25) is 11.7 Å². The molecular formula is C12H16N4O. The zero-order chi connectivity index (χ0) is 12.3. The fourth-order valence-electron chi connectivity index (χ4n) is 1.58. The van der Waals surface area contributed by atoms with Gasteiger partial charge < -0.3 is 9.84 Å². The highest BCUT2D eigenvalue weighted by molar-refractivity contribution is 5.48. The minimum absolute atomic E-state index is 0.0612. The number of aryl methyl sites for hydroxylation is 1. The van der Waals surface area contributed by atoms with Crippen LogP contribution in [0.2, 0.25) is 0 Å². The minimum Gasteiger partial charge on any atom is -0.337 e. The van der Waals surface area contributed by atoms with E-state index in [0.29, 0.717) is 11.7 Å². The van der Waals surface area contributed by atoms with E-state index in [1.54, 1.807) is 0 Å². The van der Waals surface area contributed by atoms with Crippen molar-refractivity contribution in [2.75, 3.05) is 6.54 Å². The van der Waals surface area contributed by atoms with Gasteiger partial charge in [0.25, 0.3) is 0 Å². The summed E-state index contributed by atoms with van der Waals surface area (Å²) in [5.41, 5.74) is 1.68. The summed E-state index contributed by atoms with van der Waals surface area (Å²) in [7, 11) is 0. The van der Waals surface area contributed by atoms with Crippen LogP contribution in [0.3, 0.4) is 0 Å². The minimum atomic E-state index is 0.0612. The van der Waals surface area contributed by atoms with Gasteiger partial charge >= 0.3 is 0 Å². The first-order chi connectivity index (χ1) is 8.20. The molecule has 0 bridgehead atoms. The Hall–Kier alpha value is -1.75. The van der Waals surface area contributed by atoms with E-state index in [9.17, 15) is 0 Å². The van der Waals surface area contributed by atoms with Crippen LogP contribution in [-0.4, -0.2) is 21.7 Å². The van der Waals surface area contributed by atoms with Gasteiger partial charge in [-0.05, 0) is 32.5 Å². The van der Waals surface area contributed by atoms with E-state index < -0.39 is 0 Å². The average molecular weight is 232 g/mol. The van der Waals surface area contributed by atoms with Crippen LogP contribution in [-0.2, 0) is 0 Å². The summed E-state index contributed by atoms with van der Waals surface area (Å²) >= 11 is 0. The Labute approximate surface area is 100 Å². The van der Waals surface area contributed by atoms with Crippen LogP contribution in [0, 0.1) is 6.92 Å².